The van der Waals surface area contributed by atoms with Gasteiger partial charge in [0.15, 0.2) is 11.8 Å². The first kappa shape index (κ1) is 9.45. The summed E-state index contributed by atoms with van der Waals surface area (Å²) in [6.45, 7) is 2.08. The van der Waals surface area contributed by atoms with Gasteiger partial charge in [-0.25, -0.2) is 4.79 Å². The number of rotatable bonds is 2. The second kappa shape index (κ2) is 3.57. The zero-order valence-corrected chi connectivity index (χ0v) is 7.97. The predicted octanol–water partition coefficient (Wildman–Crippen LogP) is 0.0752. The first-order valence-corrected chi connectivity index (χ1v) is 4.83. The molecule has 0 spiro atoms. The molecule has 0 aromatic heterocycles. The lowest BCUT2D eigenvalue weighted by Gasteiger charge is -2.10. The van der Waals surface area contributed by atoms with E-state index in [4.69, 9.17) is 9.57 Å². The van der Waals surface area contributed by atoms with E-state index in [0.717, 1.165) is 6.42 Å². The van der Waals surface area contributed by atoms with Crippen LogP contribution in [-0.2, 0) is 14.4 Å². The fraction of sp³-hybridized carbons (Fsp3) is 0.778. The minimum absolute atomic E-state index is 0.0796. The second-order valence-corrected chi connectivity index (χ2v) is 3.52. The number of hydrogen-bond acceptors (Lipinski definition) is 5. The maximum absolute atomic E-state index is 11.4. The van der Waals surface area contributed by atoms with E-state index < -0.39 is 12.1 Å². The van der Waals surface area contributed by atoms with Gasteiger partial charge < -0.3 is 14.7 Å². The number of carbonyl (C=O) groups excluding carboxylic acids is 1. The van der Waals surface area contributed by atoms with Crippen molar-refractivity contribution in [3.63, 3.8) is 0 Å². The van der Waals surface area contributed by atoms with Gasteiger partial charge in [-0.15, -0.1) is 0 Å². The summed E-state index contributed by atoms with van der Waals surface area (Å²) in [6, 6.07) is 0. The SMILES string of the molecule is CCOC(=O)C1=NO[C@H]2[C@@H](O)CC[C@@H]12. The lowest BCUT2D eigenvalue weighted by atomic mass is 10.0. The van der Waals surface area contributed by atoms with E-state index in [1.165, 1.54) is 0 Å². The Morgan fingerprint density at radius 1 is 1.71 bits per heavy atom. The normalized spacial score (nSPS) is 34.7. The Hall–Kier alpha value is -1.10. The highest BCUT2D eigenvalue weighted by Gasteiger charge is 2.47. The number of oxime groups is 1. The molecule has 0 aromatic rings. The average molecular weight is 199 g/mol. The minimum Gasteiger partial charge on any atom is -0.461 e. The molecule has 3 atom stereocenters. The van der Waals surface area contributed by atoms with E-state index in [2.05, 4.69) is 5.16 Å². The number of fused-ring (bicyclic) bond motifs is 1. The Morgan fingerprint density at radius 2 is 2.50 bits per heavy atom. The largest absolute Gasteiger partial charge is 0.461 e. The molecule has 1 heterocycles. The van der Waals surface area contributed by atoms with E-state index in [1.54, 1.807) is 6.92 Å². The van der Waals surface area contributed by atoms with Crippen LogP contribution >= 0.6 is 0 Å². The molecule has 1 aliphatic heterocycles. The number of ether oxygens (including phenoxy) is 1. The lowest BCUT2D eigenvalue weighted by Crippen LogP contribution is -2.30. The van der Waals surface area contributed by atoms with Crippen molar-refractivity contribution in [3.8, 4) is 0 Å². The van der Waals surface area contributed by atoms with Gasteiger partial charge in [-0.2, -0.15) is 0 Å². The third kappa shape index (κ3) is 1.37. The standard InChI is InChI=1S/C9H13NO4/c1-2-13-9(12)7-5-3-4-6(11)8(5)14-10-7/h5-6,8,11H,2-4H2,1H3/t5-,6-,8+/m0/s1. The topological polar surface area (TPSA) is 68.1 Å². The van der Waals surface area contributed by atoms with Crippen molar-refractivity contribution in [1.82, 2.24) is 0 Å². The average Bonchev–Trinajstić information content (AvgIpc) is 2.69. The first-order chi connectivity index (χ1) is 6.74. The van der Waals surface area contributed by atoms with Crippen molar-refractivity contribution in [2.75, 3.05) is 6.61 Å². The predicted molar refractivity (Wildman–Crippen MR) is 47.7 cm³/mol. The van der Waals surface area contributed by atoms with Crippen LogP contribution in [0.25, 0.3) is 0 Å². The summed E-state index contributed by atoms with van der Waals surface area (Å²) in [5, 5.41) is 13.1. The van der Waals surface area contributed by atoms with Crippen molar-refractivity contribution in [2.45, 2.75) is 32.0 Å². The van der Waals surface area contributed by atoms with Crippen LogP contribution in [0.3, 0.4) is 0 Å². The third-order valence-electron chi connectivity index (χ3n) is 2.66. The molecule has 0 aromatic carbocycles. The van der Waals surface area contributed by atoms with Crippen molar-refractivity contribution >= 4 is 11.7 Å². The van der Waals surface area contributed by atoms with Gasteiger partial charge in [0.1, 0.15) is 0 Å². The zero-order valence-electron chi connectivity index (χ0n) is 7.97. The highest BCUT2D eigenvalue weighted by Crippen LogP contribution is 2.34. The number of aliphatic hydroxyl groups is 1. The smallest absolute Gasteiger partial charge is 0.356 e. The van der Waals surface area contributed by atoms with E-state index in [9.17, 15) is 9.90 Å². The Morgan fingerprint density at radius 3 is 3.21 bits per heavy atom. The fourth-order valence-electron chi connectivity index (χ4n) is 1.96. The number of esters is 1. The summed E-state index contributed by atoms with van der Waals surface area (Å²) < 4.78 is 4.84. The number of carbonyl (C=O) groups is 1. The molecule has 0 bridgehead atoms. The molecule has 0 saturated heterocycles. The zero-order chi connectivity index (χ0) is 10.1. The molecule has 78 valence electrons. The van der Waals surface area contributed by atoms with Crippen molar-refractivity contribution < 1.29 is 19.5 Å². The molecular weight excluding hydrogens is 186 g/mol. The van der Waals surface area contributed by atoms with Crippen LogP contribution in [0.2, 0.25) is 0 Å². The van der Waals surface area contributed by atoms with Crippen LogP contribution in [-0.4, -0.2) is 35.6 Å². The molecule has 1 aliphatic carbocycles. The summed E-state index contributed by atoms with van der Waals surface area (Å²) in [5.41, 5.74) is 0.327. The Bertz CT molecular complexity index is 276. The van der Waals surface area contributed by atoms with E-state index >= 15 is 0 Å². The molecule has 2 rings (SSSR count). The number of aliphatic hydroxyl groups excluding tert-OH is 1. The molecule has 2 aliphatic rings. The molecule has 1 fully saturated rings. The van der Waals surface area contributed by atoms with Gasteiger partial charge in [0.05, 0.1) is 18.6 Å². The van der Waals surface area contributed by atoms with E-state index in [-0.39, 0.29) is 12.0 Å². The quantitative estimate of drug-likeness (QED) is 0.639. The van der Waals surface area contributed by atoms with Crippen LogP contribution < -0.4 is 0 Å². The highest BCUT2D eigenvalue weighted by molar-refractivity contribution is 6.37. The van der Waals surface area contributed by atoms with E-state index in [0.29, 0.717) is 18.7 Å². The summed E-state index contributed by atoms with van der Waals surface area (Å²) >= 11 is 0. The van der Waals surface area contributed by atoms with Crippen molar-refractivity contribution in [1.29, 1.82) is 0 Å². The molecular formula is C9H13NO4. The van der Waals surface area contributed by atoms with Gasteiger partial charge >= 0.3 is 5.97 Å². The monoisotopic (exact) mass is 199 g/mol. The molecule has 0 amide bonds. The summed E-state index contributed by atoms with van der Waals surface area (Å²) in [4.78, 5) is 16.4. The van der Waals surface area contributed by atoms with Crippen LogP contribution in [0.1, 0.15) is 19.8 Å². The van der Waals surface area contributed by atoms with Gasteiger partial charge in [0.25, 0.3) is 0 Å². The Kier molecular flexibility index (Phi) is 2.41. The van der Waals surface area contributed by atoms with Gasteiger partial charge in [-0.05, 0) is 19.8 Å². The molecule has 5 nitrogen and oxygen atoms in total. The molecule has 1 saturated carbocycles. The summed E-state index contributed by atoms with van der Waals surface area (Å²) in [5.74, 6) is -0.502. The third-order valence-corrected chi connectivity index (χ3v) is 2.66. The van der Waals surface area contributed by atoms with Gasteiger partial charge in [-0.3, -0.25) is 0 Å². The minimum atomic E-state index is -0.504. The molecule has 0 unspecified atom stereocenters. The van der Waals surface area contributed by atoms with Crippen LogP contribution in [0, 0.1) is 5.92 Å². The van der Waals surface area contributed by atoms with Crippen molar-refractivity contribution in [2.24, 2.45) is 11.1 Å². The number of nitrogens with zero attached hydrogens (tertiary/aromatic N) is 1. The molecule has 14 heavy (non-hydrogen) atoms. The van der Waals surface area contributed by atoms with Gasteiger partial charge in [0.2, 0.25) is 0 Å². The maximum Gasteiger partial charge on any atom is 0.356 e. The van der Waals surface area contributed by atoms with Crippen LogP contribution in [0.15, 0.2) is 5.16 Å². The van der Waals surface area contributed by atoms with Gasteiger partial charge in [0, 0.05) is 0 Å². The lowest BCUT2D eigenvalue weighted by molar-refractivity contribution is -0.135. The molecule has 5 heteroatoms. The van der Waals surface area contributed by atoms with Crippen molar-refractivity contribution in [3.05, 3.63) is 0 Å². The number of hydrogen-bond donors (Lipinski definition) is 1. The van der Waals surface area contributed by atoms with E-state index in [1.807, 2.05) is 0 Å². The fourth-order valence-corrected chi connectivity index (χ4v) is 1.96. The Labute approximate surface area is 81.7 Å². The maximum atomic E-state index is 11.4. The second-order valence-electron chi connectivity index (χ2n) is 3.52. The highest BCUT2D eigenvalue weighted by atomic mass is 16.7. The summed E-state index contributed by atoms with van der Waals surface area (Å²) in [7, 11) is 0. The molecule has 1 N–H and O–H groups in total. The van der Waals surface area contributed by atoms with Crippen LogP contribution in [0.5, 0.6) is 0 Å². The molecule has 0 radical (unpaired) electrons. The Balaban J connectivity index is 2.05. The van der Waals surface area contributed by atoms with Gasteiger partial charge in [-0.1, -0.05) is 5.16 Å². The summed E-state index contributed by atoms with van der Waals surface area (Å²) in [6.07, 6.45) is 0.558. The first-order valence-electron chi connectivity index (χ1n) is 4.83. The van der Waals surface area contributed by atoms with Crippen LogP contribution in [0.4, 0.5) is 0 Å².